The van der Waals surface area contributed by atoms with Crippen molar-refractivity contribution >= 4 is 20.8 Å². The molecule has 1 aliphatic carbocycles. The summed E-state index contributed by atoms with van der Waals surface area (Å²) in [5.41, 5.74) is -0.232. The van der Waals surface area contributed by atoms with Crippen LogP contribution in [0.2, 0.25) is 0 Å². The molecule has 0 spiro atoms. The number of hydrogen-bond acceptors (Lipinski definition) is 4. The summed E-state index contributed by atoms with van der Waals surface area (Å²) in [5.74, 6) is 0.0415. The first-order valence-corrected chi connectivity index (χ1v) is 11.5. The minimum atomic E-state index is -3.61. The summed E-state index contributed by atoms with van der Waals surface area (Å²) in [4.78, 5) is 4.49. The summed E-state index contributed by atoms with van der Waals surface area (Å²) in [7, 11) is -3.61. The lowest BCUT2D eigenvalue weighted by atomic mass is 9.68. The second-order valence-corrected chi connectivity index (χ2v) is 10.2. The van der Waals surface area contributed by atoms with Crippen molar-refractivity contribution in [3.63, 3.8) is 0 Å². The van der Waals surface area contributed by atoms with Crippen molar-refractivity contribution in [1.29, 1.82) is 0 Å². The Morgan fingerprint density at radius 1 is 1.03 bits per heavy atom. The molecule has 1 aromatic heterocycles. The van der Waals surface area contributed by atoms with Crippen molar-refractivity contribution in [1.82, 2.24) is 9.29 Å². The molecule has 2 fully saturated rings. The Kier molecular flexibility index (Phi) is 4.46. The molecule has 29 heavy (non-hydrogen) atoms. The smallest absolute Gasteiger partial charge is 0.243 e. The summed E-state index contributed by atoms with van der Waals surface area (Å²) < 4.78 is 28.4. The lowest BCUT2D eigenvalue weighted by molar-refractivity contribution is -0.0643. The Bertz CT molecular complexity index is 1150. The van der Waals surface area contributed by atoms with E-state index >= 15 is 0 Å². The highest BCUT2D eigenvalue weighted by molar-refractivity contribution is 7.89. The normalized spacial score (nSPS) is 27.8. The van der Waals surface area contributed by atoms with Gasteiger partial charge < -0.3 is 5.11 Å². The fourth-order valence-electron chi connectivity index (χ4n) is 5.13. The number of rotatable bonds is 3. The quantitative estimate of drug-likeness (QED) is 0.720. The van der Waals surface area contributed by atoms with Gasteiger partial charge >= 0.3 is 0 Å². The predicted molar refractivity (Wildman–Crippen MR) is 112 cm³/mol. The summed E-state index contributed by atoms with van der Waals surface area (Å²) >= 11 is 0. The van der Waals surface area contributed by atoms with E-state index in [1.165, 1.54) is 0 Å². The number of hydrogen-bond donors (Lipinski definition) is 1. The first-order valence-electron chi connectivity index (χ1n) is 10.1. The molecule has 0 radical (unpaired) electrons. The zero-order valence-corrected chi connectivity index (χ0v) is 16.9. The van der Waals surface area contributed by atoms with Gasteiger partial charge in [0.1, 0.15) is 0 Å². The third-order valence-electron chi connectivity index (χ3n) is 6.67. The molecule has 3 aromatic rings. The number of benzene rings is 2. The molecular weight excluding hydrogens is 384 g/mol. The van der Waals surface area contributed by atoms with Crippen molar-refractivity contribution in [2.75, 3.05) is 13.1 Å². The van der Waals surface area contributed by atoms with Gasteiger partial charge in [0.2, 0.25) is 10.0 Å². The van der Waals surface area contributed by atoms with Crippen LogP contribution in [-0.4, -0.2) is 35.9 Å². The van der Waals surface area contributed by atoms with Gasteiger partial charge in [-0.25, -0.2) is 8.42 Å². The van der Waals surface area contributed by atoms with Crippen LogP contribution in [0, 0.1) is 11.8 Å². The minimum Gasteiger partial charge on any atom is -0.385 e. The third-order valence-corrected chi connectivity index (χ3v) is 8.50. The van der Waals surface area contributed by atoms with Crippen molar-refractivity contribution in [2.45, 2.75) is 29.8 Å². The highest BCUT2D eigenvalue weighted by atomic mass is 32.2. The summed E-state index contributed by atoms with van der Waals surface area (Å²) in [5, 5.41) is 13.5. The minimum absolute atomic E-state index is 0.115. The zero-order valence-electron chi connectivity index (χ0n) is 16.1. The number of aromatic nitrogens is 1. The molecule has 1 N–H and O–H groups in total. The monoisotopic (exact) mass is 408 g/mol. The number of pyridine rings is 1. The van der Waals surface area contributed by atoms with E-state index in [0.717, 1.165) is 29.2 Å². The topological polar surface area (TPSA) is 70.5 Å². The number of fused-ring (bicyclic) bond motifs is 2. The molecule has 1 saturated carbocycles. The van der Waals surface area contributed by atoms with Crippen LogP contribution in [-0.2, 0) is 15.6 Å². The molecule has 150 valence electrons. The lowest BCUT2D eigenvalue weighted by Gasteiger charge is -2.41. The molecule has 0 unspecified atom stereocenters. The number of nitrogens with zero attached hydrogens (tertiary/aromatic N) is 2. The van der Waals surface area contributed by atoms with Crippen molar-refractivity contribution in [2.24, 2.45) is 11.8 Å². The maximum atomic E-state index is 13.4. The average Bonchev–Trinajstić information content (AvgIpc) is 3.21. The van der Waals surface area contributed by atoms with Crippen LogP contribution >= 0.6 is 0 Å². The van der Waals surface area contributed by atoms with Crippen LogP contribution in [0.3, 0.4) is 0 Å². The maximum Gasteiger partial charge on any atom is 0.243 e. The Morgan fingerprint density at radius 3 is 2.66 bits per heavy atom. The van der Waals surface area contributed by atoms with E-state index in [1.54, 1.807) is 28.8 Å². The van der Waals surface area contributed by atoms with Crippen LogP contribution in [0.5, 0.6) is 0 Å². The molecule has 1 saturated heterocycles. The first kappa shape index (κ1) is 18.7. The molecule has 2 heterocycles. The molecule has 6 heteroatoms. The van der Waals surface area contributed by atoms with E-state index < -0.39 is 15.6 Å². The van der Waals surface area contributed by atoms with Crippen molar-refractivity contribution in [3.05, 3.63) is 72.6 Å². The Labute approximate surface area is 171 Å². The largest absolute Gasteiger partial charge is 0.385 e. The summed E-state index contributed by atoms with van der Waals surface area (Å²) in [6.45, 7) is 0.799. The van der Waals surface area contributed by atoms with Crippen molar-refractivity contribution in [3.8, 4) is 0 Å². The molecular formula is C23H24N2O3S. The van der Waals surface area contributed by atoms with Gasteiger partial charge in [0.25, 0.3) is 0 Å². The van der Waals surface area contributed by atoms with E-state index in [9.17, 15) is 13.5 Å². The molecule has 2 aromatic carbocycles. The summed E-state index contributed by atoms with van der Waals surface area (Å²) in [6.07, 6.45) is 5.87. The Balaban J connectivity index is 1.48. The standard InChI is InChI=1S/C23H24N2O3S/c26-23(20-8-4-12-24-14-20)11-3-7-19-15-25(16-22(19)23)29(27,28)21-10-9-17-5-1-2-6-18(17)13-21/h1-2,4-6,8-10,12-14,19,22,26H,3,7,11,15-16H2/t19-,22+,23+/m0/s1. The van der Waals surface area contributed by atoms with Crippen LogP contribution in [0.1, 0.15) is 24.8 Å². The van der Waals surface area contributed by atoms with Gasteiger partial charge in [-0.1, -0.05) is 36.4 Å². The van der Waals surface area contributed by atoms with E-state index in [1.807, 2.05) is 42.5 Å². The van der Waals surface area contributed by atoms with E-state index in [0.29, 0.717) is 24.4 Å². The average molecular weight is 409 g/mol. The first-order chi connectivity index (χ1) is 14.0. The Hall–Kier alpha value is -2.28. The van der Waals surface area contributed by atoms with Gasteiger partial charge in [-0.15, -0.1) is 0 Å². The highest BCUT2D eigenvalue weighted by Gasteiger charge is 2.52. The van der Waals surface area contributed by atoms with E-state index in [2.05, 4.69) is 4.98 Å². The number of sulfonamides is 1. The second kappa shape index (κ2) is 6.90. The fourth-order valence-corrected chi connectivity index (χ4v) is 6.69. The predicted octanol–water partition coefficient (Wildman–Crippen LogP) is 3.54. The van der Waals surface area contributed by atoms with Gasteiger partial charge in [-0.05, 0) is 54.2 Å². The van der Waals surface area contributed by atoms with Crippen LogP contribution < -0.4 is 0 Å². The summed E-state index contributed by atoms with van der Waals surface area (Å²) in [6, 6.07) is 16.8. The molecule has 5 rings (SSSR count). The van der Waals surface area contributed by atoms with Crippen LogP contribution in [0.15, 0.2) is 71.9 Å². The van der Waals surface area contributed by atoms with E-state index in [4.69, 9.17) is 0 Å². The van der Waals surface area contributed by atoms with Gasteiger partial charge in [-0.3, -0.25) is 4.98 Å². The van der Waals surface area contributed by atoms with Gasteiger partial charge in [-0.2, -0.15) is 4.31 Å². The zero-order chi connectivity index (χ0) is 20.1. The molecule has 1 aliphatic heterocycles. The number of aliphatic hydroxyl groups is 1. The third kappa shape index (κ3) is 3.06. The van der Waals surface area contributed by atoms with Crippen LogP contribution in [0.25, 0.3) is 10.8 Å². The van der Waals surface area contributed by atoms with Crippen molar-refractivity contribution < 1.29 is 13.5 Å². The SMILES string of the molecule is O=S(=O)(c1ccc2ccccc2c1)N1C[C@@H]2CCC[C@@](O)(c3cccnc3)[C@@H]2C1. The molecule has 2 aliphatic rings. The van der Waals surface area contributed by atoms with Crippen LogP contribution in [0.4, 0.5) is 0 Å². The van der Waals surface area contributed by atoms with Gasteiger partial charge in [0, 0.05) is 37.0 Å². The fraction of sp³-hybridized carbons (Fsp3) is 0.348. The highest BCUT2D eigenvalue weighted by Crippen LogP contribution is 2.49. The van der Waals surface area contributed by atoms with E-state index in [-0.39, 0.29) is 11.8 Å². The Morgan fingerprint density at radius 2 is 1.86 bits per heavy atom. The molecule has 0 amide bonds. The second-order valence-electron chi connectivity index (χ2n) is 8.26. The molecule has 3 atom stereocenters. The van der Waals surface area contributed by atoms with Gasteiger partial charge in [0.15, 0.2) is 0 Å². The lowest BCUT2D eigenvalue weighted by Crippen LogP contribution is -2.43. The van der Waals surface area contributed by atoms with Gasteiger partial charge in [0.05, 0.1) is 10.5 Å². The maximum absolute atomic E-state index is 13.4. The molecule has 0 bridgehead atoms. The molecule has 5 nitrogen and oxygen atoms in total.